The molecule has 0 atom stereocenters. The Morgan fingerprint density at radius 2 is 1.74 bits per heavy atom. The van der Waals surface area contributed by atoms with E-state index in [0.717, 1.165) is 24.2 Å². The fraction of sp³-hybridized carbons (Fsp3) is 0.214. The van der Waals surface area contributed by atoms with E-state index in [9.17, 15) is 9.59 Å². The molecule has 8 nitrogen and oxygen atoms in total. The Morgan fingerprint density at radius 1 is 0.974 bits per heavy atom. The molecule has 4 aromatic rings. The van der Waals surface area contributed by atoms with Gasteiger partial charge in [0, 0.05) is 22.9 Å². The molecular formula is C28H26ClN5O3S. The van der Waals surface area contributed by atoms with Crippen molar-refractivity contribution in [2.45, 2.75) is 24.5 Å². The van der Waals surface area contributed by atoms with E-state index >= 15 is 0 Å². The number of benzene rings is 3. The summed E-state index contributed by atoms with van der Waals surface area (Å²) in [6.45, 7) is 0.713. The maximum absolute atomic E-state index is 13.2. The van der Waals surface area contributed by atoms with Gasteiger partial charge in [-0.3, -0.25) is 14.2 Å². The number of ether oxygens (including phenoxy) is 1. The van der Waals surface area contributed by atoms with Gasteiger partial charge in [-0.15, -0.1) is 10.2 Å². The Labute approximate surface area is 230 Å². The molecule has 1 aliphatic heterocycles. The standard InChI is InChI=1S/C28H26ClN5O3S/c29-21-12-14-23(15-13-21)37-18-26(35)30-17-25-31-32-28(34(25)22-9-2-1-3-10-22)38-19-27(36)33-16-6-8-20-7-4-5-11-24(20)33/h1-5,7,9-15H,6,8,16-19H2,(H,30,35). The third-order valence-electron chi connectivity index (χ3n) is 6.08. The number of rotatable bonds is 9. The first-order valence-corrected chi connectivity index (χ1v) is 13.6. The Kier molecular flexibility index (Phi) is 8.25. The maximum Gasteiger partial charge on any atom is 0.258 e. The summed E-state index contributed by atoms with van der Waals surface area (Å²) in [5, 5.41) is 12.7. The summed E-state index contributed by atoms with van der Waals surface area (Å²) in [5.74, 6) is 1.06. The van der Waals surface area contributed by atoms with Crippen LogP contribution in [0.4, 0.5) is 5.69 Å². The smallest absolute Gasteiger partial charge is 0.258 e. The van der Waals surface area contributed by atoms with Gasteiger partial charge >= 0.3 is 0 Å². The van der Waals surface area contributed by atoms with Crippen molar-refractivity contribution >= 4 is 40.9 Å². The first-order valence-electron chi connectivity index (χ1n) is 12.2. The number of aryl methyl sites for hydroxylation is 1. The minimum Gasteiger partial charge on any atom is -0.484 e. The molecule has 0 fully saturated rings. The van der Waals surface area contributed by atoms with E-state index in [1.807, 2.05) is 58.0 Å². The van der Waals surface area contributed by atoms with Gasteiger partial charge in [0.1, 0.15) is 5.75 Å². The lowest BCUT2D eigenvalue weighted by Crippen LogP contribution is -2.36. The molecule has 10 heteroatoms. The molecule has 0 unspecified atom stereocenters. The number of nitrogens with one attached hydrogen (secondary N) is 1. The highest BCUT2D eigenvalue weighted by molar-refractivity contribution is 7.99. The molecule has 0 radical (unpaired) electrons. The second-order valence-electron chi connectivity index (χ2n) is 8.66. The van der Waals surface area contributed by atoms with Crippen molar-refractivity contribution in [3.05, 3.63) is 95.3 Å². The highest BCUT2D eigenvalue weighted by Gasteiger charge is 2.23. The Hall–Kier alpha value is -3.82. The zero-order valence-corrected chi connectivity index (χ0v) is 22.1. The van der Waals surface area contributed by atoms with Gasteiger partial charge in [-0.2, -0.15) is 0 Å². The van der Waals surface area contributed by atoms with E-state index in [2.05, 4.69) is 21.6 Å². The van der Waals surface area contributed by atoms with E-state index in [4.69, 9.17) is 16.3 Å². The molecule has 0 spiro atoms. The SMILES string of the molecule is O=C(COc1ccc(Cl)cc1)NCc1nnc(SCC(=O)N2CCCc3ccccc32)n1-c1ccccc1. The monoisotopic (exact) mass is 547 g/mol. The number of carbonyl (C=O) groups excluding carboxylic acids is 2. The lowest BCUT2D eigenvalue weighted by Gasteiger charge is -2.29. The molecule has 1 N–H and O–H groups in total. The van der Waals surface area contributed by atoms with Crippen LogP contribution in [0.1, 0.15) is 17.8 Å². The Balaban J connectivity index is 1.25. The minimum absolute atomic E-state index is 0.0268. The predicted octanol–water partition coefficient (Wildman–Crippen LogP) is 4.69. The van der Waals surface area contributed by atoms with Crippen LogP contribution in [0.2, 0.25) is 5.02 Å². The molecule has 2 heterocycles. The molecule has 1 aromatic heterocycles. The van der Waals surface area contributed by atoms with Gasteiger partial charge < -0.3 is 15.0 Å². The Bertz CT molecular complexity index is 1410. The lowest BCUT2D eigenvalue weighted by atomic mass is 10.0. The summed E-state index contributed by atoms with van der Waals surface area (Å²) in [5.41, 5.74) is 3.03. The van der Waals surface area contributed by atoms with Gasteiger partial charge in [-0.05, 0) is 60.9 Å². The van der Waals surface area contributed by atoms with E-state index in [-0.39, 0.29) is 30.7 Å². The van der Waals surface area contributed by atoms with Crippen LogP contribution in [0, 0.1) is 0 Å². The zero-order valence-electron chi connectivity index (χ0n) is 20.5. The number of nitrogens with zero attached hydrogens (tertiary/aromatic N) is 4. The molecule has 2 amide bonds. The topological polar surface area (TPSA) is 89.3 Å². The van der Waals surface area contributed by atoms with Crippen molar-refractivity contribution in [3.8, 4) is 11.4 Å². The van der Waals surface area contributed by atoms with Crippen LogP contribution in [0.3, 0.4) is 0 Å². The molecule has 0 bridgehead atoms. The summed E-state index contributed by atoms with van der Waals surface area (Å²) in [6, 6.07) is 24.5. The summed E-state index contributed by atoms with van der Waals surface area (Å²) >= 11 is 7.22. The fourth-order valence-electron chi connectivity index (χ4n) is 4.25. The van der Waals surface area contributed by atoms with E-state index < -0.39 is 0 Å². The second kappa shape index (κ2) is 12.1. The Morgan fingerprint density at radius 3 is 2.55 bits per heavy atom. The second-order valence-corrected chi connectivity index (χ2v) is 10.0. The van der Waals surface area contributed by atoms with Crippen LogP contribution in [0.25, 0.3) is 5.69 Å². The summed E-state index contributed by atoms with van der Waals surface area (Å²) < 4.78 is 7.38. The normalized spacial score (nSPS) is 12.6. The van der Waals surface area contributed by atoms with Crippen molar-refractivity contribution < 1.29 is 14.3 Å². The number of hydrogen-bond donors (Lipinski definition) is 1. The molecule has 5 rings (SSSR count). The van der Waals surface area contributed by atoms with Crippen molar-refractivity contribution in [2.75, 3.05) is 23.8 Å². The molecule has 0 saturated heterocycles. The van der Waals surface area contributed by atoms with Crippen LogP contribution in [0.15, 0.2) is 84.0 Å². The molecule has 194 valence electrons. The van der Waals surface area contributed by atoms with Crippen LogP contribution < -0.4 is 15.0 Å². The molecule has 0 saturated carbocycles. The van der Waals surface area contributed by atoms with Gasteiger partial charge in [0.15, 0.2) is 17.6 Å². The van der Waals surface area contributed by atoms with Crippen molar-refractivity contribution in [1.29, 1.82) is 0 Å². The highest BCUT2D eigenvalue weighted by atomic mass is 35.5. The average molecular weight is 548 g/mol. The van der Waals surface area contributed by atoms with Gasteiger partial charge in [0.25, 0.3) is 5.91 Å². The number of para-hydroxylation sites is 2. The fourth-order valence-corrected chi connectivity index (χ4v) is 5.22. The van der Waals surface area contributed by atoms with Crippen molar-refractivity contribution in [2.24, 2.45) is 0 Å². The van der Waals surface area contributed by atoms with Gasteiger partial charge in [0.2, 0.25) is 5.91 Å². The zero-order chi connectivity index (χ0) is 26.3. The molecule has 0 aliphatic carbocycles. The van der Waals surface area contributed by atoms with Crippen molar-refractivity contribution in [1.82, 2.24) is 20.1 Å². The first kappa shape index (κ1) is 25.8. The summed E-state index contributed by atoms with van der Waals surface area (Å²) in [6.07, 6.45) is 1.93. The third kappa shape index (κ3) is 6.17. The molecule has 3 aromatic carbocycles. The van der Waals surface area contributed by atoms with Gasteiger partial charge in [0.05, 0.1) is 12.3 Å². The average Bonchev–Trinajstić information content (AvgIpc) is 3.37. The molecular weight excluding hydrogens is 522 g/mol. The summed E-state index contributed by atoms with van der Waals surface area (Å²) in [7, 11) is 0. The first-order chi connectivity index (χ1) is 18.6. The molecule has 1 aliphatic rings. The van der Waals surface area contributed by atoms with Crippen LogP contribution in [-0.4, -0.2) is 45.5 Å². The lowest BCUT2D eigenvalue weighted by molar-refractivity contribution is -0.123. The minimum atomic E-state index is -0.296. The van der Waals surface area contributed by atoms with Crippen molar-refractivity contribution in [3.63, 3.8) is 0 Å². The number of thioether (sulfide) groups is 1. The van der Waals surface area contributed by atoms with Crippen LogP contribution in [-0.2, 0) is 22.6 Å². The summed E-state index contributed by atoms with van der Waals surface area (Å²) in [4.78, 5) is 27.5. The third-order valence-corrected chi connectivity index (χ3v) is 7.24. The number of carbonyl (C=O) groups is 2. The van der Waals surface area contributed by atoms with E-state index in [0.29, 0.717) is 28.3 Å². The number of amides is 2. The number of fused-ring (bicyclic) bond motifs is 1. The van der Waals surface area contributed by atoms with Crippen LogP contribution >= 0.6 is 23.4 Å². The van der Waals surface area contributed by atoms with E-state index in [1.54, 1.807) is 24.3 Å². The number of halogens is 1. The van der Waals surface area contributed by atoms with Gasteiger partial charge in [-0.1, -0.05) is 59.8 Å². The maximum atomic E-state index is 13.2. The predicted molar refractivity (Wildman–Crippen MR) is 148 cm³/mol. The quantitative estimate of drug-likeness (QED) is 0.306. The number of anilines is 1. The molecule has 38 heavy (non-hydrogen) atoms. The van der Waals surface area contributed by atoms with Gasteiger partial charge in [-0.25, -0.2) is 0 Å². The van der Waals surface area contributed by atoms with E-state index in [1.165, 1.54) is 17.3 Å². The highest BCUT2D eigenvalue weighted by Crippen LogP contribution is 2.29. The number of aromatic nitrogens is 3. The van der Waals surface area contributed by atoms with Crippen LogP contribution in [0.5, 0.6) is 5.75 Å². The number of hydrogen-bond acceptors (Lipinski definition) is 6. The largest absolute Gasteiger partial charge is 0.484 e.